The molecular formula is C17H16FKN2O4. The van der Waals surface area contributed by atoms with Gasteiger partial charge in [0.05, 0.1) is 28.8 Å². The second-order valence-corrected chi connectivity index (χ2v) is 6.51. The first-order chi connectivity index (χ1) is 11.5. The largest absolute Gasteiger partial charge is 1.00 e. The van der Waals surface area contributed by atoms with Gasteiger partial charge >= 0.3 is 51.4 Å². The summed E-state index contributed by atoms with van der Waals surface area (Å²) in [6.45, 7) is 0.877. The maximum atomic E-state index is 14.5. The summed E-state index contributed by atoms with van der Waals surface area (Å²) in [5.41, 5.74) is -0.328. The normalized spacial score (nSPS) is 19.9. The van der Waals surface area contributed by atoms with Gasteiger partial charge in [-0.2, -0.15) is 0 Å². The molecule has 1 N–H and O–H groups in total. The SMILES string of the molecule is O=C([O-])c1cn(C2CC2)c2cc(N3CC[C@@H](O)C3)c(F)cc2c1=O.[K+]. The van der Waals surface area contributed by atoms with E-state index < -0.39 is 28.9 Å². The number of rotatable bonds is 3. The molecule has 8 heteroatoms. The topological polar surface area (TPSA) is 85.6 Å². The van der Waals surface area contributed by atoms with Crippen molar-refractivity contribution in [3.63, 3.8) is 0 Å². The zero-order chi connectivity index (χ0) is 17.0. The number of aliphatic hydroxyl groups is 1. The Hall–Kier alpha value is -0.774. The minimum Gasteiger partial charge on any atom is -0.545 e. The Morgan fingerprint density at radius 3 is 2.56 bits per heavy atom. The molecule has 0 unspecified atom stereocenters. The van der Waals surface area contributed by atoms with Crippen molar-refractivity contribution >= 4 is 22.6 Å². The van der Waals surface area contributed by atoms with Crippen LogP contribution in [0.2, 0.25) is 0 Å². The molecule has 6 nitrogen and oxygen atoms in total. The third-order valence-corrected chi connectivity index (χ3v) is 4.76. The smallest absolute Gasteiger partial charge is 0.545 e. The molecule has 2 fully saturated rings. The summed E-state index contributed by atoms with van der Waals surface area (Å²) in [5.74, 6) is -2.14. The summed E-state index contributed by atoms with van der Waals surface area (Å²) < 4.78 is 16.3. The van der Waals surface area contributed by atoms with Crippen molar-refractivity contribution in [3.8, 4) is 0 Å². The monoisotopic (exact) mass is 370 g/mol. The number of anilines is 1. The van der Waals surface area contributed by atoms with Crippen molar-refractivity contribution in [2.75, 3.05) is 18.0 Å². The van der Waals surface area contributed by atoms with Gasteiger partial charge in [-0.15, -0.1) is 0 Å². The van der Waals surface area contributed by atoms with Gasteiger partial charge in [-0.3, -0.25) is 4.79 Å². The summed E-state index contributed by atoms with van der Waals surface area (Å²) in [6, 6.07) is 2.80. The molecule has 1 saturated heterocycles. The third-order valence-electron chi connectivity index (χ3n) is 4.76. The maximum absolute atomic E-state index is 14.5. The number of carbonyl (C=O) groups excluding carboxylic acids is 1. The molecule has 1 saturated carbocycles. The zero-order valence-electron chi connectivity index (χ0n) is 13.9. The van der Waals surface area contributed by atoms with Crippen molar-refractivity contribution in [2.24, 2.45) is 0 Å². The van der Waals surface area contributed by atoms with Gasteiger partial charge in [-0.25, -0.2) is 4.39 Å². The van der Waals surface area contributed by atoms with Crippen LogP contribution in [-0.4, -0.2) is 34.8 Å². The number of carboxylic acid groups (broad SMARTS) is 1. The summed E-state index contributed by atoms with van der Waals surface area (Å²) in [4.78, 5) is 25.3. The molecule has 2 heterocycles. The van der Waals surface area contributed by atoms with Crippen LogP contribution in [0, 0.1) is 5.82 Å². The molecule has 2 aromatic rings. The molecule has 126 valence electrons. The molecule has 0 bridgehead atoms. The van der Waals surface area contributed by atoms with E-state index in [-0.39, 0.29) is 62.8 Å². The van der Waals surface area contributed by atoms with Gasteiger partial charge < -0.3 is 24.5 Å². The summed E-state index contributed by atoms with van der Waals surface area (Å²) >= 11 is 0. The molecule has 0 amide bonds. The van der Waals surface area contributed by atoms with Crippen molar-refractivity contribution in [3.05, 3.63) is 39.9 Å². The van der Waals surface area contributed by atoms with Crippen LogP contribution in [0.15, 0.2) is 23.1 Å². The summed E-state index contributed by atoms with van der Waals surface area (Å²) in [6.07, 6.45) is 3.15. The third kappa shape index (κ3) is 3.43. The number of β-amino-alcohol motifs (C(OH)–C–C–N with tert-alkyl or cyclic N) is 1. The van der Waals surface area contributed by atoms with Gasteiger partial charge in [0.15, 0.2) is 5.43 Å². The first-order valence-electron chi connectivity index (χ1n) is 7.98. The van der Waals surface area contributed by atoms with Crippen LogP contribution in [0.3, 0.4) is 0 Å². The van der Waals surface area contributed by atoms with Gasteiger partial charge in [-0.1, -0.05) is 0 Å². The van der Waals surface area contributed by atoms with E-state index >= 15 is 0 Å². The fourth-order valence-corrected chi connectivity index (χ4v) is 3.36. The van der Waals surface area contributed by atoms with Crippen molar-refractivity contribution in [1.82, 2.24) is 4.57 Å². The maximum Gasteiger partial charge on any atom is 1.00 e. The van der Waals surface area contributed by atoms with Crippen LogP contribution in [0.25, 0.3) is 10.9 Å². The summed E-state index contributed by atoms with van der Waals surface area (Å²) in [7, 11) is 0. The van der Waals surface area contributed by atoms with E-state index in [1.165, 1.54) is 6.20 Å². The Kier molecular flexibility index (Phi) is 5.39. The molecule has 25 heavy (non-hydrogen) atoms. The Morgan fingerprint density at radius 2 is 2.00 bits per heavy atom. The van der Waals surface area contributed by atoms with Gasteiger partial charge in [-0.05, 0) is 31.4 Å². The number of pyridine rings is 1. The van der Waals surface area contributed by atoms with E-state index in [1.807, 2.05) is 0 Å². The van der Waals surface area contributed by atoms with Crippen LogP contribution in [0.5, 0.6) is 0 Å². The molecule has 1 aliphatic heterocycles. The number of hydrogen-bond acceptors (Lipinski definition) is 5. The van der Waals surface area contributed by atoms with Gasteiger partial charge in [0.25, 0.3) is 0 Å². The first kappa shape index (κ1) is 19.0. The van der Waals surface area contributed by atoms with E-state index in [4.69, 9.17) is 0 Å². The predicted molar refractivity (Wildman–Crippen MR) is 83.6 cm³/mol. The number of benzene rings is 1. The molecule has 0 radical (unpaired) electrons. The van der Waals surface area contributed by atoms with E-state index in [0.717, 1.165) is 18.9 Å². The Labute approximate surface area is 185 Å². The fourth-order valence-electron chi connectivity index (χ4n) is 3.36. The van der Waals surface area contributed by atoms with Gasteiger partial charge in [0.2, 0.25) is 0 Å². The molecule has 1 atom stereocenters. The second-order valence-electron chi connectivity index (χ2n) is 6.51. The van der Waals surface area contributed by atoms with E-state index in [0.29, 0.717) is 30.7 Å². The van der Waals surface area contributed by atoms with E-state index in [2.05, 4.69) is 0 Å². The van der Waals surface area contributed by atoms with Crippen LogP contribution in [0.4, 0.5) is 10.1 Å². The van der Waals surface area contributed by atoms with Crippen molar-refractivity contribution in [1.29, 1.82) is 0 Å². The molecule has 4 rings (SSSR count). The van der Waals surface area contributed by atoms with E-state index in [1.54, 1.807) is 15.5 Å². The number of nitrogens with zero attached hydrogens (tertiary/aromatic N) is 2. The van der Waals surface area contributed by atoms with Crippen molar-refractivity contribution < 1.29 is 70.8 Å². The van der Waals surface area contributed by atoms with Crippen LogP contribution in [-0.2, 0) is 0 Å². The minimum atomic E-state index is -1.55. The number of aromatic nitrogens is 1. The number of carbonyl (C=O) groups is 1. The number of hydrogen-bond donors (Lipinski definition) is 1. The predicted octanol–water partition coefficient (Wildman–Crippen LogP) is -2.59. The molecule has 2 aliphatic rings. The van der Waals surface area contributed by atoms with Crippen LogP contribution < -0.4 is 66.8 Å². The fraction of sp³-hybridized carbons (Fsp3) is 0.412. The summed E-state index contributed by atoms with van der Waals surface area (Å²) in [5, 5.41) is 20.9. The average molecular weight is 370 g/mol. The number of aromatic carboxylic acids is 1. The zero-order valence-corrected chi connectivity index (χ0v) is 17.0. The van der Waals surface area contributed by atoms with E-state index in [9.17, 15) is 24.2 Å². The molecule has 1 aromatic carbocycles. The van der Waals surface area contributed by atoms with Crippen LogP contribution in [0.1, 0.15) is 35.7 Å². The van der Waals surface area contributed by atoms with Gasteiger partial charge in [0.1, 0.15) is 5.82 Å². The Bertz CT molecular complexity index is 910. The Morgan fingerprint density at radius 1 is 1.28 bits per heavy atom. The quantitative estimate of drug-likeness (QED) is 0.600. The number of halogens is 1. The molecule has 0 spiro atoms. The molecule has 1 aliphatic carbocycles. The van der Waals surface area contributed by atoms with Gasteiger partial charge in [0, 0.05) is 30.7 Å². The van der Waals surface area contributed by atoms with Crippen LogP contribution >= 0.6 is 0 Å². The number of fused-ring (bicyclic) bond motifs is 1. The molecule has 1 aromatic heterocycles. The van der Waals surface area contributed by atoms with Crippen molar-refractivity contribution in [2.45, 2.75) is 31.4 Å². The minimum absolute atomic E-state index is 0. The molecular weight excluding hydrogens is 354 g/mol. The standard InChI is InChI=1S/C17H17FN2O4.K/c18-13-5-11-14(6-15(13)19-4-3-10(21)7-19)20(9-1-2-9)8-12(16(11)22)17(23)24;/h5-6,8-10,21H,1-4,7H2,(H,23,24);/q;+1/p-1/t10-;/m1./s1. The number of carboxylic acids is 1. The average Bonchev–Trinajstić information content (AvgIpc) is 3.28. The Balaban J connectivity index is 0.00000182. The number of aliphatic hydroxyl groups excluding tert-OH is 1. The second kappa shape index (κ2) is 7.09. The first-order valence-corrected chi connectivity index (χ1v) is 7.98.